The molecule has 0 bridgehead atoms. The zero-order chi connectivity index (χ0) is 13.8. The number of aromatic hydroxyl groups is 1. The fourth-order valence-electron chi connectivity index (χ4n) is 1.85. The third kappa shape index (κ3) is 3.32. The molecule has 0 aliphatic heterocycles. The molecule has 100 valence electrons. The molecule has 0 atom stereocenters. The van der Waals surface area contributed by atoms with E-state index < -0.39 is 0 Å². The van der Waals surface area contributed by atoms with E-state index in [9.17, 15) is 5.11 Å². The smallest absolute Gasteiger partial charge is 0.134 e. The number of methoxy groups -OCH3 is 1. The van der Waals surface area contributed by atoms with Crippen molar-refractivity contribution in [2.45, 2.75) is 6.54 Å². The van der Waals surface area contributed by atoms with Crippen LogP contribution in [0.5, 0.6) is 11.5 Å². The lowest BCUT2D eigenvalue weighted by Crippen LogP contribution is -2.16. The van der Waals surface area contributed by atoms with Gasteiger partial charge in [0.05, 0.1) is 12.1 Å². The van der Waals surface area contributed by atoms with Crippen molar-refractivity contribution in [3.05, 3.63) is 53.1 Å². The third-order valence-electron chi connectivity index (χ3n) is 2.95. The molecule has 0 aromatic heterocycles. The van der Waals surface area contributed by atoms with Gasteiger partial charge in [-0.3, -0.25) is 0 Å². The average molecular weight is 278 g/mol. The Kier molecular flexibility index (Phi) is 4.17. The number of nitrogens with zero attached hydrogens (tertiary/aromatic N) is 1. The average Bonchev–Trinajstić information content (AvgIpc) is 2.43. The van der Waals surface area contributed by atoms with E-state index >= 15 is 0 Å². The Morgan fingerprint density at radius 3 is 2.42 bits per heavy atom. The first-order valence-electron chi connectivity index (χ1n) is 5.92. The molecule has 0 unspecified atom stereocenters. The van der Waals surface area contributed by atoms with E-state index in [1.807, 2.05) is 37.4 Å². The fraction of sp³-hybridized carbons (Fsp3) is 0.200. The number of hydrogen-bond donors (Lipinski definition) is 1. The SMILES string of the molecule is COc1ccc(N(C)Cc2ccc(O)c(Cl)c2)cc1. The Balaban J connectivity index is 2.10. The summed E-state index contributed by atoms with van der Waals surface area (Å²) in [5.41, 5.74) is 2.13. The second-order valence-electron chi connectivity index (χ2n) is 4.34. The minimum absolute atomic E-state index is 0.109. The van der Waals surface area contributed by atoms with Gasteiger partial charge in [0, 0.05) is 19.3 Å². The van der Waals surface area contributed by atoms with Gasteiger partial charge in [-0.25, -0.2) is 0 Å². The lowest BCUT2D eigenvalue weighted by molar-refractivity contribution is 0.415. The van der Waals surface area contributed by atoms with Crippen LogP contribution in [0, 0.1) is 0 Å². The molecule has 0 saturated heterocycles. The van der Waals surface area contributed by atoms with Crippen LogP contribution in [-0.4, -0.2) is 19.3 Å². The van der Waals surface area contributed by atoms with Crippen molar-refractivity contribution in [3.63, 3.8) is 0 Å². The molecule has 1 N–H and O–H groups in total. The molecule has 0 heterocycles. The highest BCUT2D eigenvalue weighted by atomic mass is 35.5. The van der Waals surface area contributed by atoms with Gasteiger partial charge in [0.1, 0.15) is 11.5 Å². The monoisotopic (exact) mass is 277 g/mol. The van der Waals surface area contributed by atoms with Gasteiger partial charge in [0.2, 0.25) is 0 Å². The Labute approximate surface area is 118 Å². The highest BCUT2D eigenvalue weighted by Crippen LogP contribution is 2.25. The van der Waals surface area contributed by atoms with Gasteiger partial charge >= 0.3 is 0 Å². The van der Waals surface area contributed by atoms with Crippen molar-refractivity contribution in [3.8, 4) is 11.5 Å². The molecule has 0 aliphatic carbocycles. The van der Waals surface area contributed by atoms with E-state index in [2.05, 4.69) is 4.90 Å². The lowest BCUT2D eigenvalue weighted by Gasteiger charge is -2.20. The maximum absolute atomic E-state index is 9.39. The molecule has 0 saturated carbocycles. The van der Waals surface area contributed by atoms with Crippen LogP contribution in [0.4, 0.5) is 5.69 Å². The number of rotatable bonds is 4. The summed E-state index contributed by atoms with van der Waals surface area (Å²) in [7, 11) is 3.65. The number of benzene rings is 2. The first kappa shape index (κ1) is 13.6. The Hall–Kier alpha value is -1.87. The molecular weight excluding hydrogens is 262 g/mol. The molecular formula is C15H16ClNO2. The summed E-state index contributed by atoms with van der Waals surface area (Å²) in [4.78, 5) is 2.10. The second kappa shape index (κ2) is 5.85. The van der Waals surface area contributed by atoms with Crippen LogP contribution < -0.4 is 9.64 Å². The predicted molar refractivity (Wildman–Crippen MR) is 78.2 cm³/mol. The normalized spacial score (nSPS) is 10.3. The summed E-state index contributed by atoms with van der Waals surface area (Å²) < 4.78 is 5.13. The molecule has 2 aromatic carbocycles. The molecule has 2 rings (SSSR count). The van der Waals surface area contributed by atoms with Gasteiger partial charge < -0.3 is 14.7 Å². The summed E-state index contributed by atoms with van der Waals surface area (Å²) in [6, 6.07) is 13.1. The largest absolute Gasteiger partial charge is 0.506 e. The predicted octanol–water partition coefficient (Wildman–Crippen LogP) is 3.69. The van der Waals surface area contributed by atoms with Crippen molar-refractivity contribution < 1.29 is 9.84 Å². The lowest BCUT2D eigenvalue weighted by atomic mass is 10.2. The standard InChI is InChI=1S/C15H16ClNO2/c1-17(12-4-6-13(19-2)7-5-12)10-11-3-8-15(18)14(16)9-11/h3-9,18H,10H2,1-2H3. The van der Waals surface area contributed by atoms with Gasteiger partial charge in [0.25, 0.3) is 0 Å². The van der Waals surface area contributed by atoms with E-state index in [1.54, 1.807) is 19.2 Å². The van der Waals surface area contributed by atoms with Gasteiger partial charge in [0.15, 0.2) is 0 Å². The Morgan fingerprint density at radius 2 is 1.84 bits per heavy atom. The summed E-state index contributed by atoms with van der Waals surface area (Å²) in [6.07, 6.45) is 0. The third-order valence-corrected chi connectivity index (χ3v) is 3.25. The Bertz CT molecular complexity index is 555. The highest BCUT2D eigenvalue weighted by molar-refractivity contribution is 6.32. The molecule has 4 heteroatoms. The van der Waals surface area contributed by atoms with Gasteiger partial charge in [-0.05, 0) is 42.0 Å². The molecule has 3 nitrogen and oxygen atoms in total. The number of hydrogen-bond acceptors (Lipinski definition) is 3. The minimum Gasteiger partial charge on any atom is -0.506 e. The molecule has 0 aliphatic rings. The maximum Gasteiger partial charge on any atom is 0.134 e. The van der Waals surface area contributed by atoms with Crippen LogP contribution in [0.25, 0.3) is 0 Å². The second-order valence-corrected chi connectivity index (χ2v) is 4.75. The van der Waals surface area contributed by atoms with Crippen LogP contribution >= 0.6 is 11.6 Å². The van der Waals surface area contributed by atoms with Gasteiger partial charge in [-0.2, -0.15) is 0 Å². The molecule has 0 radical (unpaired) electrons. The maximum atomic E-state index is 9.39. The van der Waals surface area contributed by atoms with Crippen LogP contribution in [-0.2, 0) is 6.54 Å². The van der Waals surface area contributed by atoms with E-state index in [-0.39, 0.29) is 5.75 Å². The summed E-state index contributed by atoms with van der Waals surface area (Å²) in [5.74, 6) is 0.947. The zero-order valence-corrected chi connectivity index (χ0v) is 11.7. The van der Waals surface area contributed by atoms with E-state index in [0.29, 0.717) is 11.6 Å². The zero-order valence-electron chi connectivity index (χ0n) is 10.9. The van der Waals surface area contributed by atoms with Crippen molar-refractivity contribution >= 4 is 17.3 Å². The van der Waals surface area contributed by atoms with Crippen molar-refractivity contribution in [1.82, 2.24) is 0 Å². The Morgan fingerprint density at radius 1 is 1.16 bits per heavy atom. The van der Waals surface area contributed by atoms with E-state index in [1.165, 1.54) is 0 Å². The fourth-order valence-corrected chi connectivity index (χ4v) is 2.05. The van der Waals surface area contributed by atoms with E-state index in [4.69, 9.17) is 16.3 Å². The number of ether oxygens (including phenoxy) is 1. The van der Waals surface area contributed by atoms with Crippen LogP contribution in [0.1, 0.15) is 5.56 Å². The van der Waals surface area contributed by atoms with Gasteiger partial charge in [-0.1, -0.05) is 17.7 Å². The van der Waals surface area contributed by atoms with Crippen molar-refractivity contribution in [2.75, 3.05) is 19.1 Å². The van der Waals surface area contributed by atoms with Gasteiger partial charge in [-0.15, -0.1) is 0 Å². The summed E-state index contributed by atoms with van der Waals surface area (Å²) >= 11 is 5.90. The quantitative estimate of drug-likeness (QED) is 0.925. The van der Waals surface area contributed by atoms with Crippen LogP contribution in [0.15, 0.2) is 42.5 Å². The summed E-state index contributed by atoms with van der Waals surface area (Å²) in [5, 5.41) is 9.77. The van der Waals surface area contributed by atoms with Crippen LogP contribution in [0.2, 0.25) is 5.02 Å². The van der Waals surface area contributed by atoms with Crippen molar-refractivity contribution in [1.29, 1.82) is 0 Å². The first-order valence-corrected chi connectivity index (χ1v) is 6.30. The minimum atomic E-state index is 0.109. The molecule has 0 spiro atoms. The van der Waals surface area contributed by atoms with E-state index in [0.717, 1.165) is 17.0 Å². The number of halogens is 1. The number of phenols is 1. The molecule has 0 fully saturated rings. The highest BCUT2D eigenvalue weighted by Gasteiger charge is 2.05. The molecule has 0 amide bonds. The topological polar surface area (TPSA) is 32.7 Å². The number of anilines is 1. The number of phenolic OH excluding ortho intramolecular Hbond substituents is 1. The van der Waals surface area contributed by atoms with Crippen molar-refractivity contribution in [2.24, 2.45) is 0 Å². The molecule has 2 aromatic rings. The summed E-state index contributed by atoms with van der Waals surface area (Å²) in [6.45, 7) is 0.715. The molecule has 19 heavy (non-hydrogen) atoms. The van der Waals surface area contributed by atoms with Crippen LogP contribution in [0.3, 0.4) is 0 Å². The first-order chi connectivity index (χ1) is 9.10.